The molecule has 9 nitrogen and oxygen atoms in total. The topological polar surface area (TPSA) is 149 Å². The van der Waals surface area contributed by atoms with Gasteiger partial charge in [0, 0.05) is 6.42 Å². The van der Waals surface area contributed by atoms with Crippen LogP contribution in [-0.4, -0.2) is 87.5 Å². The number of hydrogen-bond acceptors (Lipinski definition) is 8. The fourth-order valence-corrected chi connectivity index (χ4v) is 9.76. The molecule has 0 radical (unpaired) electrons. The first-order valence-corrected chi connectivity index (χ1v) is 30.1. The van der Waals surface area contributed by atoms with Gasteiger partial charge in [-0.2, -0.15) is 0 Å². The monoisotopic (exact) mass is 978 g/mol. The lowest BCUT2D eigenvalue weighted by atomic mass is 9.99. The van der Waals surface area contributed by atoms with E-state index in [0.29, 0.717) is 6.42 Å². The van der Waals surface area contributed by atoms with Crippen molar-refractivity contribution >= 4 is 5.91 Å². The van der Waals surface area contributed by atoms with Crippen molar-refractivity contribution in [3.8, 4) is 0 Å². The predicted octanol–water partition coefficient (Wildman–Crippen LogP) is 15.0. The van der Waals surface area contributed by atoms with E-state index in [-0.39, 0.29) is 12.5 Å². The van der Waals surface area contributed by atoms with Crippen LogP contribution < -0.4 is 5.32 Å². The highest BCUT2D eigenvalue weighted by molar-refractivity contribution is 5.76. The number of carbonyl (C=O) groups excluding carboxylic acids is 1. The molecule has 69 heavy (non-hydrogen) atoms. The Morgan fingerprint density at radius 3 is 1.22 bits per heavy atom. The van der Waals surface area contributed by atoms with E-state index in [0.717, 1.165) is 38.5 Å². The van der Waals surface area contributed by atoms with Gasteiger partial charge in [-0.15, -0.1) is 0 Å². The van der Waals surface area contributed by atoms with E-state index in [9.17, 15) is 30.3 Å². The molecule has 1 heterocycles. The Morgan fingerprint density at radius 1 is 0.478 bits per heavy atom. The molecule has 1 aliphatic heterocycles. The lowest BCUT2D eigenvalue weighted by Crippen LogP contribution is -2.60. The molecule has 0 bridgehead atoms. The third kappa shape index (κ3) is 39.8. The first-order chi connectivity index (χ1) is 33.8. The number of hydrogen-bond donors (Lipinski definition) is 6. The summed E-state index contributed by atoms with van der Waals surface area (Å²) in [6, 6.07) is -0.817. The molecule has 0 aliphatic carbocycles. The molecule has 408 valence electrons. The molecule has 1 amide bonds. The average molecular weight is 979 g/mol. The van der Waals surface area contributed by atoms with Gasteiger partial charge < -0.3 is 40.3 Å². The van der Waals surface area contributed by atoms with Crippen molar-refractivity contribution in [2.45, 2.75) is 339 Å². The maximum absolute atomic E-state index is 13.0. The molecule has 0 aromatic heterocycles. The van der Waals surface area contributed by atoms with E-state index in [2.05, 4.69) is 31.3 Å². The van der Waals surface area contributed by atoms with Crippen LogP contribution in [0.4, 0.5) is 0 Å². The summed E-state index contributed by atoms with van der Waals surface area (Å²) in [5, 5.41) is 54.2. The van der Waals surface area contributed by atoms with Crippen LogP contribution in [0.15, 0.2) is 24.3 Å². The number of amides is 1. The summed E-state index contributed by atoms with van der Waals surface area (Å²) in [5.74, 6) is -0.183. The molecule has 1 aliphatic rings. The smallest absolute Gasteiger partial charge is 0.220 e. The van der Waals surface area contributed by atoms with Crippen LogP contribution in [0.5, 0.6) is 0 Å². The van der Waals surface area contributed by atoms with Crippen molar-refractivity contribution in [3.63, 3.8) is 0 Å². The second kappa shape index (κ2) is 50.2. The highest BCUT2D eigenvalue weighted by Crippen LogP contribution is 2.23. The number of aliphatic hydroxyl groups excluding tert-OH is 5. The zero-order valence-corrected chi connectivity index (χ0v) is 45.3. The Bertz CT molecular complexity index is 1130. The van der Waals surface area contributed by atoms with Gasteiger partial charge in [0.05, 0.1) is 25.4 Å². The van der Waals surface area contributed by atoms with Crippen molar-refractivity contribution < 1.29 is 39.8 Å². The second-order valence-corrected chi connectivity index (χ2v) is 21.1. The lowest BCUT2D eigenvalue weighted by Gasteiger charge is -2.40. The van der Waals surface area contributed by atoms with E-state index < -0.39 is 49.5 Å². The standard InChI is InChI=1S/C60H115NO8/c1-3-5-7-9-11-13-15-16-17-18-19-20-21-22-23-24-25-26-27-28-29-30-31-32-33-34-35-36-37-38-39-40-42-44-46-48-50-56(64)61-53(52-68-60-59(67)58(66)57(65)55(51-62)69-60)54(63)49-47-45-43-41-14-12-10-8-6-4-2/h14,41,47,49,53-55,57-60,62-63,65-67H,3-13,15-40,42-46,48,50-52H2,1-2H3,(H,61,64)/b41-14+,49-47+. The van der Waals surface area contributed by atoms with E-state index in [1.54, 1.807) is 6.08 Å². The summed E-state index contributed by atoms with van der Waals surface area (Å²) in [4.78, 5) is 13.0. The highest BCUT2D eigenvalue weighted by atomic mass is 16.7. The van der Waals surface area contributed by atoms with Gasteiger partial charge in [0.15, 0.2) is 6.29 Å². The predicted molar refractivity (Wildman–Crippen MR) is 290 cm³/mol. The Hall–Kier alpha value is -1.33. The minimum Gasteiger partial charge on any atom is -0.394 e. The first-order valence-electron chi connectivity index (χ1n) is 30.1. The summed E-state index contributed by atoms with van der Waals surface area (Å²) in [6.45, 7) is 3.75. The molecule has 0 aromatic rings. The molecule has 0 aromatic carbocycles. The zero-order chi connectivity index (χ0) is 50.1. The number of unbranched alkanes of at least 4 members (excludes halogenated alkanes) is 40. The van der Waals surface area contributed by atoms with Crippen LogP contribution >= 0.6 is 0 Å². The van der Waals surface area contributed by atoms with Crippen LogP contribution in [0.25, 0.3) is 0 Å². The molecule has 0 saturated carbocycles. The largest absolute Gasteiger partial charge is 0.394 e. The average Bonchev–Trinajstić information content (AvgIpc) is 3.35. The summed E-state index contributed by atoms with van der Waals surface area (Å²) in [6.07, 6.45) is 57.3. The number of allylic oxidation sites excluding steroid dienone is 3. The van der Waals surface area contributed by atoms with Crippen molar-refractivity contribution in [3.05, 3.63) is 24.3 Å². The fourth-order valence-electron chi connectivity index (χ4n) is 9.76. The molecule has 0 spiro atoms. The van der Waals surface area contributed by atoms with Crippen molar-refractivity contribution in [2.75, 3.05) is 13.2 Å². The Balaban J connectivity index is 2.02. The van der Waals surface area contributed by atoms with Crippen molar-refractivity contribution in [1.82, 2.24) is 5.32 Å². The third-order valence-electron chi connectivity index (χ3n) is 14.5. The van der Waals surface area contributed by atoms with Gasteiger partial charge in [-0.3, -0.25) is 4.79 Å². The normalized spacial score (nSPS) is 19.6. The SMILES string of the molecule is CCCCCC/C=C/CC/C=C/C(O)C(COC1OC(CO)C(O)C(O)C1O)NC(=O)CCCCCCCCCCCCCCCCCCCCCCCCCCCCCCCCCCCCCC. The van der Waals surface area contributed by atoms with Gasteiger partial charge in [0.1, 0.15) is 24.4 Å². The van der Waals surface area contributed by atoms with E-state index in [1.807, 2.05) is 6.08 Å². The second-order valence-electron chi connectivity index (χ2n) is 21.1. The minimum absolute atomic E-state index is 0.183. The first kappa shape index (κ1) is 65.7. The van der Waals surface area contributed by atoms with Gasteiger partial charge in [-0.05, 0) is 32.1 Å². The molecule has 1 fully saturated rings. The number of carbonyl (C=O) groups is 1. The van der Waals surface area contributed by atoms with Crippen molar-refractivity contribution in [2.24, 2.45) is 0 Å². The van der Waals surface area contributed by atoms with Crippen LogP contribution in [0, 0.1) is 0 Å². The zero-order valence-electron chi connectivity index (χ0n) is 45.3. The summed E-state index contributed by atoms with van der Waals surface area (Å²) in [7, 11) is 0. The Labute approximate surface area is 426 Å². The maximum atomic E-state index is 13.0. The van der Waals surface area contributed by atoms with Crippen LogP contribution in [0.1, 0.15) is 296 Å². The van der Waals surface area contributed by atoms with Crippen LogP contribution in [0.3, 0.4) is 0 Å². The van der Waals surface area contributed by atoms with Gasteiger partial charge in [0.25, 0.3) is 0 Å². The van der Waals surface area contributed by atoms with Crippen LogP contribution in [-0.2, 0) is 14.3 Å². The molecular formula is C60H115NO8. The third-order valence-corrected chi connectivity index (χ3v) is 14.5. The maximum Gasteiger partial charge on any atom is 0.220 e. The van der Waals surface area contributed by atoms with Gasteiger partial charge in [-0.25, -0.2) is 0 Å². The van der Waals surface area contributed by atoms with Gasteiger partial charge >= 0.3 is 0 Å². The van der Waals surface area contributed by atoms with E-state index in [4.69, 9.17) is 9.47 Å². The fraction of sp³-hybridized carbons (Fsp3) is 0.917. The summed E-state index contributed by atoms with van der Waals surface area (Å²) >= 11 is 0. The summed E-state index contributed by atoms with van der Waals surface area (Å²) < 4.78 is 11.2. The number of ether oxygens (including phenoxy) is 2. The molecule has 7 unspecified atom stereocenters. The number of aliphatic hydroxyl groups is 5. The van der Waals surface area contributed by atoms with E-state index >= 15 is 0 Å². The van der Waals surface area contributed by atoms with Gasteiger partial charge in [0.2, 0.25) is 5.91 Å². The minimum atomic E-state index is -1.57. The Morgan fingerprint density at radius 2 is 0.826 bits per heavy atom. The molecule has 1 saturated heterocycles. The van der Waals surface area contributed by atoms with Crippen molar-refractivity contribution in [1.29, 1.82) is 0 Å². The van der Waals surface area contributed by atoms with E-state index in [1.165, 1.54) is 238 Å². The number of rotatable bonds is 52. The molecule has 1 rings (SSSR count). The molecular weight excluding hydrogens is 863 g/mol. The highest BCUT2D eigenvalue weighted by Gasteiger charge is 2.44. The Kier molecular flexibility index (Phi) is 47.8. The van der Waals surface area contributed by atoms with Gasteiger partial charge in [-0.1, -0.05) is 282 Å². The molecule has 9 heteroatoms. The quantitative estimate of drug-likeness (QED) is 0.0261. The van der Waals surface area contributed by atoms with Crippen LogP contribution in [0.2, 0.25) is 0 Å². The number of nitrogens with one attached hydrogen (secondary N) is 1. The molecule has 6 N–H and O–H groups in total. The molecule has 7 atom stereocenters. The lowest BCUT2D eigenvalue weighted by molar-refractivity contribution is -0.302. The summed E-state index contributed by atoms with van der Waals surface area (Å²) in [5.41, 5.74) is 0.